The van der Waals surface area contributed by atoms with Crippen LogP contribution in [0.5, 0.6) is 0 Å². The Hall–Kier alpha value is -3.16. The van der Waals surface area contributed by atoms with Gasteiger partial charge in [0.2, 0.25) is 0 Å². The van der Waals surface area contributed by atoms with E-state index in [9.17, 15) is 14.4 Å². The smallest absolute Gasteiger partial charge is 0.427 e. The molecule has 0 aliphatic heterocycles. The number of hydrogen-bond acceptors (Lipinski definition) is 6. The van der Waals surface area contributed by atoms with E-state index in [0.717, 1.165) is 4.57 Å². The lowest BCUT2D eigenvalue weighted by molar-refractivity contribution is -0.140. The second-order valence-electron chi connectivity index (χ2n) is 6.15. The molecule has 0 saturated heterocycles. The summed E-state index contributed by atoms with van der Waals surface area (Å²) in [4.78, 5) is 40.0. The monoisotopic (exact) mass is 345 g/mol. The zero-order chi connectivity index (χ0) is 18.4. The molecule has 0 unspecified atom stereocenters. The van der Waals surface area contributed by atoms with Crippen LogP contribution in [-0.4, -0.2) is 33.3 Å². The summed E-state index contributed by atoms with van der Waals surface area (Å²) in [6.45, 7) is 5.10. The Morgan fingerprint density at radius 1 is 1.16 bits per heavy atom. The number of imidazole rings is 1. The molecule has 0 fully saturated rings. The van der Waals surface area contributed by atoms with Gasteiger partial charge in [0.1, 0.15) is 11.9 Å². The van der Waals surface area contributed by atoms with Crippen LogP contribution in [0, 0.1) is 0 Å². The van der Waals surface area contributed by atoms with E-state index in [1.54, 1.807) is 51.1 Å². The van der Waals surface area contributed by atoms with Crippen LogP contribution in [0.3, 0.4) is 0 Å². The Kier molecular flexibility index (Phi) is 5.53. The van der Waals surface area contributed by atoms with Gasteiger partial charge in [-0.25, -0.2) is 23.9 Å². The number of hydrogen-bond donors (Lipinski definition) is 1. The average Bonchev–Trinajstić information content (AvgIpc) is 3.06. The van der Waals surface area contributed by atoms with E-state index in [1.165, 1.54) is 18.7 Å². The number of alkyl carbamates (subject to hydrolysis) is 1. The molecule has 0 bridgehead atoms. The lowest BCUT2D eigenvalue weighted by Crippen LogP contribution is -2.39. The fraction of sp³-hybridized carbons (Fsp3) is 0.294. The highest BCUT2D eigenvalue weighted by molar-refractivity contribution is 5.91. The molecule has 0 radical (unpaired) electrons. The van der Waals surface area contributed by atoms with Gasteiger partial charge in [-0.1, -0.05) is 30.3 Å². The van der Waals surface area contributed by atoms with Crippen molar-refractivity contribution in [2.45, 2.75) is 32.4 Å². The molecule has 25 heavy (non-hydrogen) atoms. The minimum atomic E-state index is -1.19. The van der Waals surface area contributed by atoms with Crippen LogP contribution in [0.15, 0.2) is 49.1 Å². The molecule has 0 spiro atoms. The number of aromatic nitrogens is 2. The second-order valence-corrected chi connectivity index (χ2v) is 6.15. The normalized spacial score (nSPS) is 12.1. The topological polar surface area (TPSA) is 99.5 Å². The highest BCUT2D eigenvalue weighted by Crippen LogP contribution is 2.16. The van der Waals surface area contributed by atoms with Crippen molar-refractivity contribution in [3.63, 3.8) is 0 Å². The van der Waals surface area contributed by atoms with Gasteiger partial charge in [-0.3, -0.25) is 0 Å². The third-order valence-electron chi connectivity index (χ3n) is 2.93. The fourth-order valence-corrected chi connectivity index (χ4v) is 1.91. The zero-order valence-electron chi connectivity index (χ0n) is 14.1. The Balaban J connectivity index is 2.15. The van der Waals surface area contributed by atoms with E-state index in [0.29, 0.717) is 5.56 Å². The van der Waals surface area contributed by atoms with Gasteiger partial charge in [0.25, 0.3) is 0 Å². The van der Waals surface area contributed by atoms with E-state index in [2.05, 4.69) is 10.3 Å². The minimum absolute atomic E-state index is 0.455. The number of rotatable bonds is 3. The molecule has 2 aromatic rings. The first kappa shape index (κ1) is 18.2. The lowest BCUT2D eigenvalue weighted by Gasteiger charge is -2.22. The predicted molar refractivity (Wildman–Crippen MR) is 87.7 cm³/mol. The molecule has 132 valence electrons. The fourth-order valence-electron chi connectivity index (χ4n) is 1.91. The van der Waals surface area contributed by atoms with Crippen molar-refractivity contribution in [1.29, 1.82) is 0 Å². The lowest BCUT2D eigenvalue weighted by atomic mass is 10.1. The molecule has 2 rings (SSSR count). The highest BCUT2D eigenvalue weighted by Gasteiger charge is 2.29. The van der Waals surface area contributed by atoms with E-state index in [1.807, 2.05) is 0 Å². The summed E-state index contributed by atoms with van der Waals surface area (Å²) < 4.78 is 11.0. The highest BCUT2D eigenvalue weighted by atomic mass is 16.6. The molecular formula is C17H19N3O5. The van der Waals surface area contributed by atoms with Crippen molar-refractivity contribution in [2.24, 2.45) is 0 Å². The summed E-state index contributed by atoms with van der Waals surface area (Å²) in [6.07, 6.45) is 2.20. The van der Waals surface area contributed by atoms with E-state index in [4.69, 9.17) is 9.47 Å². The van der Waals surface area contributed by atoms with Gasteiger partial charge >= 0.3 is 18.2 Å². The Bertz CT molecular complexity index is 735. The van der Waals surface area contributed by atoms with Crippen molar-refractivity contribution in [2.75, 3.05) is 0 Å². The molecular weight excluding hydrogens is 326 g/mol. The first-order chi connectivity index (χ1) is 11.8. The van der Waals surface area contributed by atoms with Crippen molar-refractivity contribution in [3.8, 4) is 0 Å². The quantitative estimate of drug-likeness (QED) is 0.678. The maximum absolute atomic E-state index is 12.4. The number of esters is 1. The SMILES string of the molecule is CC(C)(C)OC(=O)N[C@H](C(=O)OC(=O)n1ccnc1)c1ccccc1. The number of nitrogens with zero attached hydrogens (tertiary/aromatic N) is 2. The predicted octanol–water partition coefficient (Wildman–Crippen LogP) is 2.66. The Labute approximate surface area is 144 Å². The largest absolute Gasteiger partial charge is 0.444 e. The van der Waals surface area contributed by atoms with Crippen LogP contribution < -0.4 is 5.32 Å². The van der Waals surface area contributed by atoms with Crippen LogP contribution in [-0.2, 0) is 14.3 Å². The van der Waals surface area contributed by atoms with E-state index < -0.39 is 29.8 Å². The van der Waals surface area contributed by atoms with Crippen molar-refractivity contribution in [1.82, 2.24) is 14.9 Å². The first-order valence-corrected chi connectivity index (χ1v) is 7.55. The molecule has 1 aromatic heterocycles. The van der Waals surface area contributed by atoms with Crippen LogP contribution in [0.4, 0.5) is 9.59 Å². The van der Waals surface area contributed by atoms with Gasteiger partial charge in [0.15, 0.2) is 6.04 Å². The standard InChI is InChI=1S/C17H19N3O5/c1-17(2,3)25-15(22)19-13(12-7-5-4-6-8-12)14(21)24-16(23)20-10-9-18-11-20/h4-11,13H,1-3H3,(H,19,22)/t13-/m0/s1. The molecule has 0 aliphatic carbocycles. The van der Waals surface area contributed by atoms with Crippen LogP contribution >= 0.6 is 0 Å². The molecule has 1 aromatic carbocycles. The number of nitrogens with one attached hydrogen (secondary N) is 1. The summed E-state index contributed by atoms with van der Waals surface area (Å²) >= 11 is 0. The summed E-state index contributed by atoms with van der Waals surface area (Å²) in [5.74, 6) is -0.934. The van der Waals surface area contributed by atoms with Gasteiger partial charge in [0.05, 0.1) is 0 Å². The zero-order valence-corrected chi connectivity index (χ0v) is 14.1. The van der Waals surface area contributed by atoms with E-state index in [-0.39, 0.29) is 0 Å². The second kappa shape index (κ2) is 7.61. The van der Waals surface area contributed by atoms with Crippen molar-refractivity contribution < 1.29 is 23.9 Å². The molecule has 1 atom stereocenters. The Morgan fingerprint density at radius 2 is 1.84 bits per heavy atom. The summed E-state index contributed by atoms with van der Waals surface area (Å²) in [6, 6.07) is 7.23. The average molecular weight is 345 g/mol. The van der Waals surface area contributed by atoms with Crippen LogP contribution in [0.2, 0.25) is 0 Å². The third-order valence-corrected chi connectivity index (χ3v) is 2.93. The third kappa shape index (κ3) is 5.45. The van der Waals surface area contributed by atoms with Gasteiger partial charge in [-0.15, -0.1) is 0 Å². The van der Waals surface area contributed by atoms with Gasteiger partial charge in [-0.05, 0) is 26.3 Å². The molecule has 1 N–H and O–H groups in total. The molecule has 8 nitrogen and oxygen atoms in total. The summed E-state index contributed by atoms with van der Waals surface area (Å²) in [5, 5.41) is 2.43. The summed E-state index contributed by atoms with van der Waals surface area (Å²) in [7, 11) is 0. The molecule has 1 heterocycles. The number of amides is 1. The number of ether oxygens (including phenoxy) is 2. The van der Waals surface area contributed by atoms with Crippen molar-refractivity contribution >= 4 is 18.2 Å². The maximum Gasteiger partial charge on any atom is 0.427 e. The van der Waals surface area contributed by atoms with Gasteiger partial charge in [-0.2, -0.15) is 0 Å². The van der Waals surface area contributed by atoms with Crippen molar-refractivity contribution in [3.05, 3.63) is 54.6 Å². The molecule has 0 saturated carbocycles. The minimum Gasteiger partial charge on any atom is -0.444 e. The van der Waals surface area contributed by atoms with Crippen LogP contribution in [0.1, 0.15) is 32.4 Å². The number of carbonyl (C=O) groups is 3. The molecule has 8 heteroatoms. The number of benzene rings is 1. The summed E-state index contributed by atoms with van der Waals surface area (Å²) in [5.41, 5.74) is -0.279. The van der Waals surface area contributed by atoms with Gasteiger partial charge < -0.3 is 14.8 Å². The van der Waals surface area contributed by atoms with E-state index >= 15 is 0 Å². The Morgan fingerprint density at radius 3 is 2.40 bits per heavy atom. The van der Waals surface area contributed by atoms with Gasteiger partial charge in [0, 0.05) is 12.4 Å². The molecule has 0 aliphatic rings. The number of carbonyl (C=O) groups excluding carboxylic acids is 3. The maximum atomic E-state index is 12.4. The first-order valence-electron chi connectivity index (χ1n) is 7.55. The molecule has 1 amide bonds. The van der Waals surface area contributed by atoms with Crippen LogP contribution in [0.25, 0.3) is 0 Å².